The first-order valence-electron chi connectivity index (χ1n) is 13.8. The Hall–Kier alpha value is -3.37. The van der Waals surface area contributed by atoms with Crippen molar-refractivity contribution < 1.29 is 67.7 Å². The number of ether oxygens (including phenoxy) is 4. The van der Waals surface area contributed by atoms with Crippen LogP contribution in [0.4, 0.5) is 39.5 Å². The largest absolute Gasteiger partial charge is 0.573 e. The van der Waals surface area contributed by atoms with Crippen LogP contribution in [-0.2, 0) is 25.4 Å². The first-order chi connectivity index (χ1) is 21.4. The van der Waals surface area contributed by atoms with E-state index in [0.717, 1.165) is 31.0 Å². The summed E-state index contributed by atoms with van der Waals surface area (Å²) < 4.78 is 143. The van der Waals surface area contributed by atoms with E-state index < -0.39 is 61.8 Å². The second-order valence-corrected chi connectivity index (χ2v) is 11.0. The molecule has 2 aromatic carbocycles. The highest BCUT2D eigenvalue weighted by molar-refractivity contribution is 7.99. The van der Waals surface area contributed by atoms with Crippen molar-refractivity contribution in [2.75, 3.05) is 12.4 Å². The van der Waals surface area contributed by atoms with Crippen LogP contribution in [0.2, 0.25) is 0 Å². The predicted molar refractivity (Wildman–Crippen MR) is 150 cm³/mol. The highest BCUT2D eigenvalue weighted by atomic mass is 32.2. The molecule has 0 aliphatic rings. The highest BCUT2D eigenvalue weighted by Crippen LogP contribution is 2.40. The summed E-state index contributed by atoms with van der Waals surface area (Å²) in [6.07, 6.45) is -18.7. The van der Waals surface area contributed by atoms with E-state index in [4.69, 9.17) is 4.42 Å². The van der Waals surface area contributed by atoms with Gasteiger partial charge in [-0.15, -0.1) is 33.7 Å². The number of rotatable bonds is 18. The minimum Gasteiger partial charge on any atom is -0.462 e. The number of carbonyl (C=O) groups excluding carboxylic acids is 1. The summed E-state index contributed by atoms with van der Waals surface area (Å²) in [7, 11) is 0. The summed E-state index contributed by atoms with van der Waals surface area (Å²) in [6, 6.07) is 10.3. The Balaban J connectivity index is 1.64. The Labute approximate surface area is 261 Å². The average molecular weight is 689 g/mol. The van der Waals surface area contributed by atoms with Crippen molar-refractivity contribution in [1.29, 1.82) is 0 Å². The van der Waals surface area contributed by atoms with Gasteiger partial charge in [0.05, 0.1) is 18.6 Å². The van der Waals surface area contributed by atoms with Gasteiger partial charge in [-0.25, -0.2) is 14.3 Å². The Morgan fingerprint density at radius 3 is 2.26 bits per heavy atom. The van der Waals surface area contributed by atoms with Crippen LogP contribution in [0.3, 0.4) is 0 Å². The summed E-state index contributed by atoms with van der Waals surface area (Å²) in [4.78, 5) is 11.2. The zero-order valence-corrected chi connectivity index (χ0v) is 25.1. The zero-order valence-electron chi connectivity index (χ0n) is 24.2. The van der Waals surface area contributed by atoms with E-state index in [1.165, 1.54) is 36.4 Å². The molecule has 3 rings (SSSR count). The van der Waals surface area contributed by atoms with E-state index in [1.807, 2.05) is 6.92 Å². The van der Waals surface area contributed by atoms with Crippen molar-refractivity contribution in [3.63, 3.8) is 0 Å². The van der Waals surface area contributed by atoms with Gasteiger partial charge in [-0.2, -0.15) is 17.6 Å². The standard InChI is InChI=1S/C30H29F9O6S/c1-3-5-6-7-19-8-11-22(25(16-19)43-29(35,36)37)24-17-20-9-10-21(18-23(20)42-24)46-15-13-28(33,34)45-30(38,39)44-27(31,32)12-14-41-26(40)4-2/h4,8-11,16-18H,2-3,5-7,12-15H2,1H3. The van der Waals surface area contributed by atoms with Crippen molar-refractivity contribution in [2.45, 2.75) is 75.2 Å². The Kier molecular flexibility index (Phi) is 12.5. The molecule has 0 fully saturated rings. The minimum atomic E-state index is -5.40. The van der Waals surface area contributed by atoms with Gasteiger partial charge < -0.3 is 13.9 Å². The van der Waals surface area contributed by atoms with Gasteiger partial charge in [-0.3, -0.25) is 0 Å². The number of unbranched alkanes of at least 4 members (excludes halogenated alkanes) is 2. The van der Waals surface area contributed by atoms with Gasteiger partial charge in [0.2, 0.25) is 0 Å². The number of aryl methyl sites for hydroxylation is 1. The monoisotopic (exact) mass is 688 g/mol. The van der Waals surface area contributed by atoms with Gasteiger partial charge in [-0.05, 0) is 54.8 Å². The van der Waals surface area contributed by atoms with Crippen molar-refractivity contribution in [3.05, 3.63) is 60.7 Å². The lowest BCUT2D eigenvalue weighted by Gasteiger charge is -2.26. The third kappa shape index (κ3) is 12.1. The molecule has 254 valence electrons. The maximum Gasteiger partial charge on any atom is 0.573 e. The summed E-state index contributed by atoms with van der Waals surface area (Å²) in [5.41, 5.74) is 0.871. The van der Waals surface area contributed by atoms with Crippen LogP contribution in [0, 0.1) is 0 Å². The molecule has 0 unspecified atom stereocenters. The molecular weight excluding hydrogens is 659 g/mol. The summed E-state index contributed by atoms with van der Waals surface area (Å²) >= 11 is 0.761. The van der Waals surface area contributed by atoms with Crippen molar-refractivity contribution >= 4 is 28.7 Å². The third-order valence-electron chi connectivity index (χ3n) is 6.10. The molecule has 0 atom stereocenters. The van der Waals surface area contributed by atoms with Crippen LogP contribution in [0.25, 0.3) is 22.3 Å². The number of alkyl halides is 9. The van der Waals surface area contributed by atoms with Crippen LogP contribution < -0.4 is 4.74 Å². The van der Waals surface area contributed by atoms with E-state index in [1.54, 1.807) is 6.07 Å². The number of fused-ring (bicyclic) bond motifs is 1. The first-order valence-corrected chi connectivity index (χ1v) is 14.8. The quantitative estimate of drug-likeness (QED) is 0.0329. The number of hydrogen-bond acceptors (Lipinski definition) is 7. The molecule has 0 N–H and O–H groups in total. The molecule has 16 heteroatoms. The van der Waals surface area contributed by atoms with E-state index in [0.29, 0.717) is 28.3 Å². The fourth-order valence-corrected chi connectivity index (χ4v) is 4.97. The van der Waals surface area contributed by atoms with Crippen LogP contribution in [-0.4, -0.2) is 43.2 Å². The van der Waals surface area contributed by atoms with Crippen molar-refractivity contribution in [1.82, 2.24) is 0 Å². The van der Waals surface area contributed by atoms with Gasteiger partial charge in [-0.1, -0.05) is 32.4 Å². The van der Waals surface area contributed by atoms with Crippen LogP contribution in [0.5, 0.6) is 5.75 Å². The SMILES string of the molecule is C=CC(=O)OCCC(F)(F)OC(F)(F)OC(F)(F)CCSc1ccc2cc(-c3ccc(CCCCC)cc3OC(F)(F)F)oc2c1. The normalized spacial score (nSPS) is 12.8. The molecule has 46 heavy (non-hydrogen) atoms. The lowest BCUT2D eigenvalue weighted by Crippen LogP contribution is -2.41. The fraction of sp³-hybridized carbons (Fsp3) is 0.433. The van der Waals surface area contributed by atoms with E-state index in [-0.39, 0.29) is 16.9 Å². The minimum absolute atomic E-state index is 0.0327. The summed E-state index contributed by atoms with van der Waals surface area (Å²) in [5.74, 6) is -2.04. The Morgan fingerprint density at radius 1 is 0.913 bits per heavy atom. The molecule has 3 aromatic rings. The molecule has 0 amide bonds. The zero-order chi connectivity index (χ0) is 34.2. The number of halogens is 9. The maximum atomic E-state index is 14.1. The number of furan rings is 1. The van der Waals surface area contributed by atoms with Gasteiger partial charge >= 0.3 is 30.8 Å². The van der Waals surface area contributed by atoms with Gasteiger partial charge in [0, 0.05) is 28.5 Å². The molecule has 0 saturated heterocycles. The lowest BCUT2D eigenvalue weighted by atomic mass is 10.0. The molecule has 0 bridgehead atoms. The Morgan fingerprint density at radius 2 is 1.61 bits per heavy atom. The van der Waals surface area contributed by atoms with Crippen molar-refractivity contribution in [3.8, 4) is 17.1 Å². The van der Waals surface area contributed by atoms with E-state index >= 15 is 0 Å². The van der Waals surface area contributed by atoms with E-state index in [9.17, 15) is 44.3 Å². The van der Waals surface area contributed by atoms with Crippen LogP contribution >= 0.6 is 11.8 Å². The fourth-order valence-electron chi connectivity index (χ4n) is 4.04. The molecule has 6 nitrogen and oxygen atoms in total. The van der Waals surface area contributed by atoms with Gasteiger partial charge in [0.25, 0.3) is 0 Å². The van der Waals surface area contributed by atoms with Crippen molar-refractivity contribution in [2.24, 2.45) is 0 Å². The number of esters is 1. The number of benzene rings is 2. The summed E-state index contributed by atoms with van der Waals surface area (Å²) in [5, 5.41) is 0.468. The van der Waals surface area contributed by atoms with Gasteiger partial charge in [0.1, 0.15) is 17.1 Å². The van der Waals surface area contributed by atoms with E-state index in [2.05, 4.69) is 25.5 Å². The molecule has 0 aliphatic heterocycles. The second-order valence-electron chi connectivity index (χ2n) is 9.81. The second kappa shape index (κ2) is 15.5. The topological polar surface area (TPSA) is 67.1 Å². The van der Waals surface area contributed by atoms with Crippen LogP contribution in [0.15, 0.2) is 64.4 Å². The summed E-state index contributed by atoms with van der Waals surface area (Å²) in [6.45, 7) is 3.95. The molecule has 1 heterocycles. The predicted octanol–water partition coefficient (Wildman–Crippen LogP) is 10.1. The highest BCUT2D eigenvalue weighted by Gasteiger charge is 2.51. The smallest absolute Gasteiger partial charge is 0.462 e. The Bertz CT molecular complexity index is 1470. The first kappa shape index (κ1) is 37.1. The lowest BCUT2D eigenvalue weighted by molar-refractivity contribution is -0.514. The number of thioether (sulfide) groups is 1. The number of carbonyl (C=O) groups is 1. The van der Waals surface area contributed by atoms with Crippen LogP contribution in [0.1, 0.15) is 44.6 Å². The third-order valence-corrected chi connectivity index (χ3v) is 7.10. The van der Waals surface area contributed by atoms with Gasteiger partial charge in [0.15, 0.2) is 0 Å². The molecule has 0 radical (unpaired) electrons. The molecule has 1 aromatic heterocycles. The molecular formula is C30H29F9O6S. The number of hydrogen-bond donors (Lipinski definition) is 0. The molecule has 0 saturated carbocycles. The molecule has 0 spiro atoms. The average Bonchev–Trinajstić information content (AvgIpc) is 3.34. The molecule has 0 aliphatic carbocycles. The maximum absolute atomic E-state index is 14.1.